The number of aliphatic hydroxyl groups is 1. The molecule has 2 amide bonds. The number of carbonyl (C=O) groups excluding carboxylic acids is 1. The molecule has 10 heteroatoms. The van der Waals surface area contributed by atoms with Crippen LogP contribution in [0.1, 0.15) is 29.5 Å². The van der Waals surface area contributed by atoms with E-state index < -0.39 is 26.7 Å². The van der Waals surface area contributed by atoms with Crippen molar-refractivity contribution in [1.29, 1.82) is 0 Å². The summed E-state index contributed by atoms with van der Waals surface area (Å²) in [5, 5.41) is 10.8. The van der Waals surface area contributed by atoms with Crippen LogP contribution in [0.3, 0.4) is 0 Å². The highest BCUT2D eigenvalue weighted by Crippen LogP contribution is 2.53. The lowest BCUT2D eigenvalue weighted by Gasteiger charge is -2.45. The monoisotopic (exact) mass is 586 g/mol. The van der Waals surface area contributed by atoms with E-state index in [0.717, 1.165) is 5.56 Å². The van der Waals surface area contributed by atoms with Gasteiger partial charge in [-0.3, -0.25) is 0 Å². The first-order valence-electron chi connectivity index (χ1n) is 12.9. The normalized spacial score (nSPS) is 22.7. The van der Waals surface area contributed by atoms with Crippen LogP contribution in [0.5, 0.6) is 5.75 Å². The van der Waals surface area contributed by atoms with Crippen LogP contribution < -0.4 is 4.74 Å². The number of hydrogen-bond donors (Lipinski definition) is 1. The van der Waals surface area contributed by atoms with Crippen LogP contribution in [0.25, 0.3) is 0 Å². The summed E-state index contributed by atoms with van der Waals surface area (Å²) in [5.41, 5.74) is 2.29. The fraction of sp³-hybridized carbons (Fsp3) is 0.345. The molecule has 1 N–H and O–H groups in total. The zero-order valence-corrected chi connectivity index (χ0v) is 23.4. The Balaban J connectivity index is 1.38. The Labute approximate surface area is 237 Å². The molecule has 1 aliphatic carbocycles. The molecule has 3 aromatic carbocycles. The highest BCUT2D eigenvalue weighted by Gasteiger charge is 2.61. The van der Waals surface area contributed by atoms with E-state index in [2.05, 4.69) is 0 Å². The third kappa shape index (κ3) is 4.29. The Hall–Kier alpha value is -2.78. The molecule has 2 heterocycles. The van der Waals surface area contributed by atoms with Crippen molar-refractivity contribution < 1.29 is 23.1 Å². The molecule has 2 saturated heterocycles. The lowest BCUT2D eigenvalue weighted by Crippen LogP contribution is -2.60. The first-order chi connectivity index (χ1) is 18.7. The molecule has 2 fully saturated rings. The third-order valence-electron chi connectivity index (χ3n) is 8.21. The fourth-order valence-electron chi connectivity index (χ4n) is 6.25. The summed E-state index contributed by atoms with van der Waals surface area (Å²) >= 11 is 12.6. The maximum atomic E-state index is 14.4. The smallest absolute Gasteiger partial charge is 0.320 e. The number of aryl methyl sites for hydroxylation is 1. The number of ether oxygens (including phenoxy) is 1. The van der Waals surface area contributed by atoms with Crippen LogP contribution in [0.4, 0.5) is 4.79 Å². The van der Waals surface area contributed by atoms with Crippen LogP contribution in [0.2, 0.25) is 10.0 Å². The van der Waals surface area contributed by atoms with Crippen molar-refractivity contribution in [2.75, 3.05) is 19.6 Å². The molecule has 0 bridgehead atoms. The van der Waals surface area contributed by atoms with Gasteiger partial charge in [-0.1, -0.05) is 53.5 Å². The van der Waals surface area contributed by atoms with Gasteiger partial charge < -0.3 is 19.6 Å². The van der Waals surface area contributed by atoms with Gasteiger partial charge in [0.1, 0.15) is 17.1 Å². The molecule has 3 aliphatic rings. The van der Waals surface area contributed by atoms with E-state index in [1.54, 1.807) is 64.4 Å². The van der Waals surface area contributed by atoms with Crippen molar-refractivity contribution >= 4 is 39.1 Å². The molecule has 0 unspecified atom stereocenters. The maximum Gasteiger partial charge on any atom is 0.320 e. The lowest BCUT2D eigenvalue weighted by molar-refractivity contribution is 0.0127. The Morgan fingerprint density at radius 3 is 2.44 bits per heavy atom. The van der Waals surface area contributed by atoms with E-state index in [4.69, 9.17) is 27.9 Å². The molecule has 39 heavy (non-hydrogen) atoms. The number of benzene rings is 3. The number of rotatable bonds is 5. The van der Waals surface area contributed by atoms with E-state index in [1.807, 2.05) is 12.1 Å². The van der Waals surface area contributed by atoms with Gasteiger partial charge in [0.15, 0.2) is 9.84 Å². The minimum atomic E-state index is -3.88. The zero-order valence-electron chi connectivity index (χ0n) is 21.1. The molecule has 2 atom stereocenters. The van der Waals surface area contributed by atoms with Crippen LogP contribution in [-0.4, -0.2) is 61.1 Å². The van der Waals surface area contributed by atoms with Gasteiger partial charge in [0.05, 0.1) is 30.1 Å². The van der Waals surface area contributed by atoms with Crippen molar-refractivity contribution in [3.63, 3.8) is 0 Å². The van der Waals surface area contributed by atoms with E-state index >= 15 is 0 Å². The molecule has 7 nitrogen and oxygen atoms in total. The second kappa shape index (κ2) is 10.0. The summed E-state index contributed by atoms with van der Waals surface area (Å²) in [5.74, 6) is 0.593. The zero-order chi connectivity index (χ0) is 27.4. The molecule has 0 saturated carbocycles. The number of carbonyl (C=O) groups is 1. The van der Waals surface area contributed by atoms with Gasteiger partial charge in [0, 0.05) is 22.2 Å². The molecule has 204 valence electrons. The minimum absolute atomic E-state index is 0.178. The summed E-state index contributed by atoms with van der Waals surface area (Å²) in [4.78, 5) is 16.9. The Morgan fingerprint density at radius 2 is 1.74 bits per heavy atom. The van der Waals surface area contributed by atoms with Crippen LogP contribution in [0, 0.1) is 0 Å². The van der Waals surface area contributed by atoms with Gasteiger partial charge in [-0.2, -0.15) is 0 Å². The van der Waals surface area contributed by atoms with Gasteiger partial charge in [-0.05, 0) is 66.8 Å². The van der Waals surface area contributed by atoms with Crippen molar-refractivity contribution in [2.24, 2.45) is 0 Å². The van der Waals surface area contributed by atoms with Crippen molar-refractivity contribution in [3.05, 3.63) is 93.5 Å². The topological polar surface area (TPSA) is 87.2 Å². The second-order valence-electron chi connectivity index (χ2n) is 10.4. The van der Waals surface area contributed by atoms with Gasteiger partial charge in [0.25, 0.3) is 0 Å². The Bertz CT molecular complexity index is 1510. The standard InChI is InChI=1S/C29H28Cl2N2O5S/c30-25-7-4-8-26(31)23(25)18-38-21-10-11-24-19(15-21)9-12-27-29(24,39(36,37)22-5-2-1-3-6-22)13-14-33(27)28(35)32-16-20(34)17-32/h1-8,10-11,15,20,27,34H,9,12-14,16-18H2/t27-,29-/m1/s1. The molecular formula is C29H28Cl2N2O5S. The SMILES string of the molecule is O=C(N1CC(O)C1)N1CC[C@@]2(S(=O)(=O)c3ccccc3)c3ccc(OCc4c(Cl)cccc4Cl)cc3CC[C@@H]12. The largest absolute Gasteiger partial charge is 0.489 e. The molecule has 3 aromatic rings. The first-order valence-corrected chi connectivity index (χ1v) is 15.2. The van der Waals surface area contributed by atoms with Crippen LogP contribution in [0.15, 0.2) is 71.6 Å². The number of hydrogen-bond acceptors (Lipinski definition) is 5. The Morgan fingerprint density at radius 1 is 1.03 bits per heavy atom. The number of halogens is 2. The molecule has 6 rings (SSSR count). The number of aliphatic hydroxyl groups excluding tert-OH is 1. The number of likely N-dealkylation sites (tertiary alicyclic amines) is 2. The van der Waals surface area contributed by atoms with Gasteiger partial charge in [0.2, 0.25) is 0 Å². The lowest BCUT2D eigenvalue weighted by atomic mass is 9.78. The summed E-state index contributed by atoms with van der Waals surface area (Å²) in [6.07, 6.45) is 0.865. The van der Waals surface area contributed by atoms with E-state index in [1.165, 1.54) is 0 Å². The van der Waals surface area contributed by atoms with Crippen LogP contribution >= 0.6 is 23.2 Å². The average molecular weight is 588 g/mol. The number of amides is 2. The number of nitrogens with zero attached hydrogens (tertiary/aromatic N) is 2. The van der Waals surface area contributed by atoms with E-state index in [-0.39, 0.29) is 30.6 Å². The van der Waals surface area contributed by atoms with Gasteiger partial charge in [-0.25, -0.2) is 13.2 Å². The second-order valence-corrected chi connectivity index (χ2v) is 13.4. The number of β-amino-alcohol motifs (C(OH)–C–C–N with tert-alkyl or cyclic N) is 1. The highest BCUT2D eigenvalue weighted by molar-refractivity contribution is 7.92. The quantitative estimate of drug-likeness (QED) is 0.451. The highest BCUT2D eigenvalue weighted by atomic mass is 35.5. The fourth-order valence-corrected chi connectivity index (χ4v) is 9.15. The summed E-state index contributed by atoms with van der Waals surface area (Å²) in [7, 11) is -3.88. The maximum absolute atomic E-state index is 14.4. The predicted molar refractivity (Wildman–Crippen MR) is 149 cm³/mol. The molecule has 0 aromatic heterocycles. The van der Waals surface area contributed by atoms with Gasteiger partial charge >= 0.3 is 6.03 Å². The molecular weight excluding hydrogens is 559 g/mol. The van der Waals surface area contributed by atoms with Gasteiger partial charge in [-0.15, -0.1) is 0 Å². The van der Waals surface area contributed by atoms with E-state index in [9.17, 15) is 18.3 Å². The number of sulfone groups is 1. The average Bonchev–Trinajstić information content (AvgIpc) is 3.33. The molecule has 2 aliphatic heterocycles. The van der Waals surface area contributed by atoms with E-state index in [0.29, 0.717) is 52.7 Å². The first kappa shape index (κ1) is 26.4. The van der Waals surface area contributed by atoms with Crippen molar-refractivity contribution in [2.45, 2.75) is 47.7 Å². The van der Waals surface area contributed by atoms with Crippen LogP contribution in [-0.2, 0) is 27.6 Å². The van der Waals surface area contributed by atoms with Crippen molar-refractivity contribution in [3.8, 4) is 5.75 Å². The summed E-state index contributed by atoms with van der Waals surface area (Å²) < 4.78 is 33.6. The molecule has 0 spiro atoms. The Kier molecular flexibility index (Phi) is 6.78. The minimum Gasteiger partial charge on any atom is -0.489 e. The molecule has 0 radical (unpaired) electrons. The third-order valence-corrected chi connectivity index (χ3v) is 11.5. The number of fused-ring (bicyclic) bond motifs is 3. The van der Waals surface area contributed by atoms with Crippen molar-refractivity contribution in [1.82, 2.24) is 9.80 Å². The summed E-state index contributed by atoms with van der Waals surface area (Å²) in [6, 6.07) is 18.5. The predicted octanol–water partition coefficient (Wildman–Crippen LogP) is 5.06. The summed E-state index contributed by atoms with van der Waals surface area (Å²) in [6.45, 7) is 1.04. The number of urea groups is 1.